The molecule has 6 rings (SSSR count). The Bertz CT molecular complexity index is 2900. The summed E-state index contributed by atoms with van der Waals surface area (Å²) in [4.78, 5) is 57.4. The van der Waals surface area contributed by atoms with Crippen molar-refractivity contribution in [1.29, 1.82) is 0 Å². The van der Waals surface area contributed by atoms with Gasteiger partial charge in [0.15, 0.2) is 11.5 Å². The first-order chi connectivity index (χ1) is 33.3. The van der Waals surface area contributed by atoms with Gasteiger partial charge in [0.05, 0.1) is 55.1 Å². The predicted molar refractivity (Wildman–Crippen MR) is 261 cm³/mol. The van der Waals surface area contributed by atoms with E-state index in [-0.39, 0.29) is 45.6 Å². The molecule has 21 heteroatoms. The molecule has 0 radical (unpaired) electrons. The second-order valence-corrected chi connectivity index (χ2v) is 20.4. The number of amides is 3. The molecule has 2 unspecified atom stereocenters. The Morgan fingerprint density at radius 3 is 1.86 bits per heavy atom. The minimum Gasteiger partial charge on any atom is -0.497 e. The molecular weight excluding hydrogens is 966 g/mol. The number of hydrogen-bond acceptors (Lipinski definition) is 13. The summed E-state index contributed by atoms with van der Waals surface area (Å²) in [5, 5.41) is 2.89. The highest BCUT2D eigenvalue weighted by Gasteiger charge is 2.43. The van der Waals surface area contributed by atoms with Crippen molar-refractivity contribution in [2.75, 3.05) is 49.6 Å². The molecule has 1 aliphatic heterocycles. The summed E-state index contributed by atoms with van der Waals surface area (Å²) >= 11 is 6.12. The van der Waals surface area contributed by atoms with E-state index >= 15 is 0 Å². The van der Waals surface area contributed by atoms with Gasteiger partial charge in [-0.15, -0.1) is 0 Å². The monoisotopic (exact) mass is 1020 g/mol. The molecule has 3 N–H and O–H groups in total. The lowest BCUT2D eigenvalue weighted by Crippen LogP contribution is -2.59. The van der Waals surface area contributed by atoms with E-state index in [1.807, 2.05) is 0 Å². The van der Waals surface area contributed by atoms with Gasteiger partial charge in [-0.1, -0.05) is 49.7 Å². The summed E-state index contributed by atoms with van der Waals surface area (Å²) in [7, 11) is -4.77. The zero-order valence-electron chi connectivity index (χ0n) is 39.2. The Morgan fingerprint density at radius 1 is 0.729 bits per heavy atom. The Hall–Kier alpha value is -7.03. The van der Waals surface area contributed by atoms with Crippen molar-refractivity contribution in [3.8, 4) is 23.0 Å². The second kappa shape index (κ2) is 22.6. The topological polar surface area (TPSA) is 230 Å². The zero-order chi connectivity index (χ0) is 50.9. The summed E-state index contributed by atoms with van der Waals surface area (Å²) in [5.74, 6) is -3.40. The summed E-state index contributed by atoms with van der Waals surface area (Å²) in [5.41, 5.74) is 7.55. The average molecular weight is 1020 g/mol. The standard InChI is InChI=1S/C49H54ClN5O13S2/c1-7-67-38-20-22-39(23-21-38)69(60,61)54(35-14-12-34(50)13-15-35)29-44(56)52-46(31(2)3)49(59)68-47(48(51)58)41-26-32-10-8-9-11-33(32)28-53(41)45(57)30-55(36-16-18-37(64-4)19-17-36)70(62,63)40-24-25-42(65-5)43(27-40)66-6/h8-25,27,31,41,46-47H,7,26,28-30H2,1-6H3,(H2,51,58)(H,52,56)/t41?,46-,47?/m0/s1. The van der Waals surface area contributed by atoms with Crippen molar-refractivity contribution >= 4 is 66.7 Å². The number of benzene rings is 5. The molecule has 5 aromatic rings. The van der Waals surface area contributed by atoms with Crippen LogP contribution in [0.5, 0.6) is 23.0 Å². The molecule has 0 aromatic heterocycles. The van der Waals surface area contributed by atoms with Gasteiger partial charge < -0.3 is 39.6 Å². The third-order valence-corrected chi connectivity index (χ3v) is 15.2. The molecular formula is C49H54ClN5O13S2. The highest BCUT2D eigenvalue weighted by atomic mass is 35.5. The number of sulfonamides is 2. The van der Waals surface area contributed by atoms with Crippen LogP contribution in [0.3, 0.4) is 0 Å². The van der Waals surface area contributed by atoms with E-state index in [4.69, 9.17) is 41.0 Å². The van der Waals surface area contributed by atoms with Crippen LogP contribution in [0, 0.1) is 5.92 Å². The quantitative estimate of drug-likeness (QED) is 0.0885. The minimum atomic E-state index is -4.55. The molecule has 0 aliphatic carbocycles. The number of carbonyl (C=O) groups is 4. The van der Waals surface area contributed by atoms with Crippen LogP contribution in [0.4, 0.5) is 11.4 Å². The molecule has 0 spiro atoms. The maximum Gasteiger partial charge on any atom is 0.329 e. The minimum absolute atomic E-state index is 0.0497. The molecule has 1 heterocycles. The van der Waals surface area contributed by atoms with Gasteiger partial charge in [-0.25, -0.2) is 21.6 Å². The Labute approximate surface area is 412 Å². The lowest BCUT2D eigenvalue weighted by molar-refractivity contribution is -0.165. The number of esters is 1. The van der Waals surface area contributed by atoms with Crippen molar-refractivity contribution in [2.24, 2.45) is 11.7 Å². The van der Waals surface area contributed by atoms with Gasteiger partial charge in [0.1, 0.15) is 30.6 Å². The molecule has 372 valence electrons. The molecule has 1 aliphatic rings. The number of rotatable bonds is 21. The first-order valence-electron chi connectivity index (χ1n) is 21.9. The number of ether oxygens (including phenoxy) is 5. The molecule has 18 nitrogen and oxygen atoms in total. The van der Waals surface area contributed by atoms with E-state index in [2.05, 4.69) is 5.32 Å². The molecule has 0 saturated heterocycles. The van der Waals surface area contributed by atoms with Crippen LogP contribution < -0.4 is 38.6 Å². The summed E-state index contributed by atoms with van der Waals surface area (Å²) < 4.78 is 86.6. The van der Waals surface area contributed by atoms with Crippen LogP contribution in [0.2, 0.25) is 5.02 Å². The Kier molecular flexibility index (Phi) is 16.9. The molecule has 70 heavy (non-hydrogen) atoms. The van der Waals surface area contributed by atoms with E-state index < -0.39 is 80.9 Å². The van der Waals surface area contributed by atoms with Crippen LogP contribution in [-0.2, 0) is 56.9 Å². The fraction of sp³-hybridized carbons (Fsp3) is 0.306. The van der Waals surface area contributed by atoms with E-state index in [1.54, 1.807) is 45.0 Å². The number of methoxy groups -OCH3 is 3. The fourth-order valence-corrected chi connectivity index (χ4v) is 10.7. The highest BCUT2D eigenvalue weighted by Crippen LogP contribution is 2.34. The zero-order valence-corrected chi connectivity index (χ0v) is 41.6. The van der Waals surface area contributed by atoms with Crippen molar-refractivity contribution < 1.29 is 59.7 Å². The van der Waals surface area contributed by atoms with Crippen LogP contribution in [-0.4, -0.2) is 105 Å². The number of hydrogen-bond donors (Lipinski definition) is 2. The smallest absolute Gasteiger partial charge is 0.329 e. The molecule has 5 aromatic carbocycles. The normalized spacial score (nSPS) is 14.3. The SMILES string of the molecule is CCOc1ccc(S(=O)(=O)N(CC(=O)N[C@H](C(=O)OC(C(N)=O)C2Cc3ccccc3CN2C(=O)CN(c2ccc(OC)cc2)S(=O)(=O)c2ccc(OC)c(OC)c2)C(C)C)c2ccc(Cl)cc2)cc1. The highest BCUT2D eigenvalue weighted by molar-refractivity contribution is 7.93. The molecule has 3 atom stereocenters. The Morgan fingerprint density at radius 2 is 1.29 bits per heavy atom. The van der Waals surface area contributed by atoms with Crippen molar-refractivity contribution in [3.05, 3.63) is 131 Å². The third-order valence-electron chi connectivity index (χ3n) is 11.4. The van der Waals surface area contributed by atoms with Gasteiger partial charge in [0.25, 0.3) is 26.0 Å². The number of primary amides is 1. The van der Waals surface area contributed by atoms with Gasteiger partial charge in [-0.2, -0.15) is 0 Å². The van der Waals surface area contributed by atoms with Crippen LogP contribution in [0.25, 0.3) is 0 Å². The van der Waals surface area contributed by atoms with Crippen molar-refractivity contribution in [3.63, 3.8) is 0 Å². The Balaban J connectivity index is 1.30. The number of fused-ring (bicyclic) bond motifs is 1. The van der Waals surface area contributed by atoms with Gasteiger partial charge >= 0.3 is 5.97 Å². The average Bonchev–Trinajstić information content (AvgIpc) is 3.35. The first kappa shape index (κ1) is 52.3. The molecule has 0 saturated carbocycles. The van der Waals surface area contributed by atoms with E-state index in [0.29, 0.717) is 34.3 Å². The van der Waals surface area contributed by atoms with E-state index in [0.717, 1.165) is 8.61 Å². The van der Waals surface area contributed by atoms with Gasteiger partial charge in [-0.05, 0) is 115 Å². The van der Waals surface area contributed by atoms with E-state index in [1.165, 1.54) is 117 Å². The van der Waals surface area contributed by atoms with Gasteiger partial charge in [0, 0.05) is 17.6 Å². The number of nitrogens with zero attached hydrogens (tertiary/aromatic N) is 3. The third kappa shape index (κ3) is 11.9. The number of nitrogens with two attached hydrogens (primary N) is 1. The summed E-state index contributed by atoms with van der Waals surface area (Å²) in [6, 6.07) is 25.7. The van der Waals surface area contributed by atoms with Gasteiger partial charge in [-0.3, -0.25) is 23.0 Å². The van der Waals surface area contributed by atoms with E-state index in [9.17, 15) is 36.0 Å². The largest absolute Gasteiger partial charge is 0.497 e. The number of anilines is 2. The molecule has 0 bridgehead atoms. The first-order valence-corrected chi connectivity index (χ1v) is 25.1. The molecule has 0 fully saturated rings. The fourth-order valence-electron chi connectivity index (χ4n) is 7.77. The van der Waals surface area contributed by atoms with Crippen LogP contribution in [0.15, 0.2) is 125 Å². The second-order valence-electron chi connectivity index (χ2n) is 16.2. The molecule has 3 amide bonds. The lowest BCUT2D eigenvalue weighted by Gasteiger charge is -2.41. The van der Waals surface area contributed by atoms with Crippen LogP contribution in [0.1, 0.15) is 31.9 Å². The van der Waals surface area contributed by atoms with Crippen LogP contribution >= 0.6 is 11.6 Å². The van der Waals surface area contributed by atoms with Crippen molar-refractivity contribution in [1.82, 2.24) is 10.2 Å². The number of halogens is 1. The number of carbonyl (C=O) groups excluding carboxylic acids is 4. The lowest BCUT2D eigenvalue weighted by atomic mass is 9.90. The summed E-state index contributed by atoms with van der Waals surface area (Å²) in [6.07, 6.45) is -1.88. The predicted octanol–water partition coefficient (Wildman–Crippen LogP) is 5.35. The maximum absolute atomic E-state index is 14.8. The van der Waals surface area contributed by atoms with Crippen molar-refractivity contribution in [2.45, 2.75) is 61.7 Å². The van der Waals surface area contributed by atoms with Gasteiger partial charge in [0.2, 0.25) is 17.9 Å². The maximum atomic E-state index is 14.8. The summed E-state index contributed by atoms with van der Waals surface area (Å²) in [6.45, 7) is 3.59. The number of nitrogens with one attached hydrogen (secondary N) is 1.